The number of piperazine rings is 1. The summed E-state index contributed by atoms with van der Waals surface area (Å²) < 4.78 is 72.2. The van der Waals surface area contributed by atoms with Crippen molar-refractivity contribution in [3.8, 4) is 5.75 Å². The van der Waals surface area contributed by atoms with Crippen LogP contribution in [0.15, 0.2) is 48.6 Å². The Balaban J connectivity index is 1.18. The Morgan fingerprint density at radius 3 is 2.67 bits per heavy atom. The summed E-state index contributed by atoms with van der Waals surface area (Å²) >= 11 is 6.49. The maximum absolute atomic E-state index is 14.6. The van der Waals surface area contributed by atoms with Crippen molar-refractivity contribution in [3.05, 3.63) is 70.3 Å². The molecule has 2 saturated heterocycles. The summed E-state index contributed by atoms with van der Waals surface area (Å²) in [5.74, 6) is -2.59. The van der Waals surface area contributed by atoms with Crippen molar-refractivity contribution in [1.29, 1.82) is 0 Å². The first kappa shape index (κ1) is 39.1. The number of fused-ring (bicyclic) bond motifs is 5. The number of hydrogen-bond acceptors (Lipinski definition) is 8. The Morgan fingerprint density at radius 1 is 1.05 bits per heavy atom. The standard InChI is InChI=1S/C42H55ClF2N4O5S/c1-28-6-4-15-41(53-3,26-47-18-19-48-17-16-42(44,45)22-34(48)24-47)36-11-8-32(36)23-49-25-40(14-5-7-30-20-33(43)10-12-35(30)40)27-54-38-13-9-31(21-37(38)49)39(50)46-55(51,52)29(28)2/h4,9-10,12-13,15,20-21,28-29,32,34,36H,5-8,11,14,16-19,22-27H2,1-3H3,(H,46,50)/b15-4-/t28-,29+,32-,34+,36+,40-,41+/m0/s1. The van der Waals surface area contributed by atoms with Gasteiger partial charge in [-0.15, -0.1) is 0 Å². The molecule has 55 heavy (non-hydrogen) atoms. The van der Waals surface area contributed by atoms with Gasteiger partial charge >= 0.3 is 0 Å². The fourth-order valence-corrected chi connectivity index (χ4v) is 12.0. The average Bonchev–Trinajstić information content (AvgIpc) is 3.28. The van der Waals surface area contributed by atoms with Crippen LogP contribution in [-0.2, 0) is 26.6 Å². The summed E-state index contributed by atoms with van der Waals surface area (Å²) in [6.07, 6.45) is 9.25. The number of amides is 1. The third-order valence-electron chi connectivity index (χ3n) is 14.1. The largest absolute Gasteiger partial charge is 0.490 e. The van der Waals surface area contributed by atoms with Gasteiger partial charge in [0.05, 0.1) is 17.5 Å². The summed E-state index contributed by atoms with van der Waals surface area (Å²) in [7, 11) is -2.26. The van der Waals surface area contributed by atoms with Gasteiger partial charge in [0, 0.05) is 87.8 Å². The molecule has 2 aromatic rings. The number of halogens is 3. The molecule has 4 aliphatic heterocycles. The van der Waals surface area contributed by atoms with E-state index in [4.69, 9.17) is 21.1 Å². The SMILES string of the molecule is CO[C@@]1(CN2CCN3CCC(F)(F)C[C@@H]3C2)/C=C\C[C@H](C)[C@@H](C)S(=O)(=O)NC(=O)c2ccc3c(c2)N(C[C@@H]2CC[C@H]21)C[C@@]1(CCCc2cc(Cl)ccc21)CO3. The van der Waals surface area contributed by atoms with E-state index in [0.717, 1.165) is 50.9 Å². The lowest BCUT2D eigenvalue weighted by Crippen LogP contribution is -2.62. The van der Waals surface area contributed by atoms with E-state index in [0.29, 0.717) is 56.5 Å². The predicted octanol–water partition coefficient (Wildman–Crippen LogP) is 6.68. The number of rotatable bonds is 3. The summed E-state index contributed by atoms with van der Waals surface area (Å²) in [5, 5.41) is -0.128. The van der Waals surface area contributed by atoms with Crippen molar-refractivity contribution in [2.75, 3.05) is 64.4 Å². The lowest BCUT2D eigenvalue weighted by Gasteiger charge is -2.53. The number of carbonyl (C=O) groups excluding carboxylic acids is 1. The molecule has 4 heterocycles. The number of sulfonamides is 1. The molecule has 1 N–H and O–H groups in total. The van der Waals surface area contributed by atoms with Crippen molar-refractivity contribution in [1.82, 2.24) is 14.5 Å². The fraction of sp³-hybridized carbons (Fsp3) is 0.643. The number of alkyl halides is 2. The molecule has 2 aromatic carbocycles. The molecule has 2 bridgehead atoms. The van der Waals surface area contributed by atoms with Crippen molar-refractivity contribution in [2.45, 2.75) is 93.4 Å². The van der Waals surface area contributed by atoms with Gasteiger partial charge in [0.1, 0.15) is 11.4 Å². The number of methoxy groups -OCH3 is 1. The number of hydrogen-bond donors (Lipinski definition) is 1. The van der Waals surface area contributed by atoms with Gasteiger partial charge in [-0.3, -0.25) is 14.6 Å². The average molecular weight is 801 g/mol. The van der Waals surface area contributed by atoms with Crippen LogP contribution in [0.25, 0.3) is 0 Å². The maximum atomic E-state index is 14.6. The number of allylic oxidation sites excluding steroid dienone is 1. The number of carbonyl (C=O) groups is 1. The van der Waals surface area contributed by atoms with Crippen molar-refractivity contribution in [3.63, 3.8) is 0 Å². The van der Waals surface area contributed by atoms with Crippen LogP contribution < -0.4 is 14.4 Å². The number of benzene rings is 2. The van der Waals surface area contributed by atoms with Crippen molar-refractivity contribution >= 4 is 33.2 Å². The molecule has 3 fully saturated rings. The summed E-state index contributed by atoms with van der Waals surface area (Å²) in [4.78, 5) is 20.6. The van der Waals surface area contributed by atoms with Crippen LogP contribution in [0.4, 0.5) is 14.5 Å². The fourth-order valence-electron chi connectivity index (χ4n) is 10.5. The molecule has 0 unspecified atom stereocenters. The zero-order chi connectivity index (χ0) is 38.8. The smallest absolute Gasteiger partial charge is 0.264 e. The monoisotopic (exact) mass is 800 g/mol. The molecule has 13 heteroatoms. The third kappa shape index (κ3) is 7.55. The molecule has 2 aliphatic carbocycles. The maximum Gasteiger partial charge on any atom is 0.264 e. The molecule has 1 amide bonds. The number of nitrogens with zero attached hydrogens (tertiary/aromatic N) is 3. The molecule has 300 valence electrons. The Morgan fingerprint density at radius 2 is 1.89 bits per heavy atom. The van der Waals surface area contributed by atoms with E-state index in [1.807, 2.05) is 19.1 Å². The van der Waals surface area contributed by atoms with Gasteiger partial charge in [-0.1, -0.05) is 36.7 Å². The molecule has 6 aliphatic rings. The van der Waals surface area contributed by atoms with E-state index in [1.54, 1.807) is 32.2 Å². The summed E-state index contributed by atoms with van der Waals surface area (Å²) in [6.45, 7) is 8.40. The highest BCUT2D eigenvalue weighted by molar-refractivity contribution is 7.90. The van der Waals surface area contributed by atoms with Gasteiger partial charge in [-0.25, -0.2) is 21.9 Å². The van der Waals surface area contributed by atoms with Crippen LogP contribution in [0.2, 0.25) is 5.02 Å². The number of piperidine rings is 1. The molecule has 0 radical (unpaired) electrons. The molecule has 1 saturated carbocycles. The van der Waals surface area contributed by atoms with Gasteiger partial charge < -0.3 is 14.4 Å². The minimum Gasteiger partial charge on any atom is -0.490 e. The van der Waals surface area contributed by atoms with Gasteiger partial charge in [-0.2, -0.15) is 0 Å². The molecule has 7 atom stereocenters. The molecular weight excluding hydrogens is 746 g/mol. The van der Waals surface area contributed by atoms with Crippen LogP contribution >= 0.6 is 11.6 Å². The van der Waals surface area contributed by atoms with Crippen molar-refractivity contribution < 1.29 is 31.5 Å². The highest BCUT2D eigenvalue weighted by Gasteiger charge is 2.51. The Labute approximate surface area is 329 Å². The molecule has 1 spiro atoms. The molecule has 8 rings (SSSR count). The van der Waals surface area contributed by atoms with Crippen LogP contribution in [-0.4, -0.2) is 106 Å². The van der Waals surface area contributed by atoms with Gasteiger partial charge in [0.2, 0.25) is 10.0 Å². The van der Waals surface area contributed by atoms with E-state index in [9.17, 15) is 22.0 Å². The summed E-state index contributed by atoms with van der Waals surface area (Å²) in [6, 6.07) is 11.2. The first-order chi connectivity index (χ1) is 26.2. The Hall–Kier alpha value is -2.77. The molecule has 9 nitrogen and oxygen atoms in total. The van der Waals surface area contributed by atoms with Crippen LogP contribution in [0.1, 0.15) is 80.3 Å². The van der Waals surface area contributed by atoms with E-state index in [-0.39, 0.29) is 47.6 Å². The number of nitrogens with one attached hydrogen (secondary N) is 1. The van der Waals surface area contributed by atoms with Gasteiger partial charge in [0.25, 0.3) is 11.8 Å². The van der Waals surface area contributed by atoms with E-state index >= 15 is 0 Å². The second-order valence-corrected chi connectivity index (χ2v) is 19.9. The van der Waals surface area contributed by atoms with E-state index < -0.39 is 32.7 Å². The highest BCUT2D eigenvalue weighted by Crippen LogP contribution is 2.49. The van der Waals surface area contributed by atoms with E-state index in [1.165, 1.54) is 11.1 Å². The first-order valence-electron chi connectivity index (χ1n) is 20.1. The third-order valence-corrected chi connectivity index (χ3v) is 16.2. The minimum absolute atomic E-state index is 0.0826. The lowest BCUT2D eigenvalue weighted by molar-refractivity contribution is -0.119. The van der Waals surface area contributed by atoms with Gasteiger partial charge in [-0.05, 0) is 105 Å². The van der Waals surface area contributed by atoms with Crippen LogP contribution in [0, 0.1) is 17.8 Å². The second-order valence-electron chi connectivity index (χ2n) is 17.4. The van der Waals surface area contributed by atoms with Gasteiger partial charge in [0.15, 0.2) is 0 Å². The number of anilines is 1. The highest BCUT2D eigenvalue weighted by atomic mass is 35.5. The minimum atomic E-state index is -4.02. The van der Waals surface area contributed by atoms with Crippen LogP contribution in [0.5, 0.6) is 5.75 Å². The Kier molecular flexibility index (Phi) is 10.6. The first-order valence-corrected chi connectivity index (χ1v) is 22.1. The number of aryl methyl sites for hydroxylation is 1. The Bertz CT molecular complexity index is 1930. The zero-order valence-electron chi connectivity index (χ0n) is 32.2. The van der Waals surface area contributed by atoms with Crippen LogP contribution in [0.3, 0.4) is 0 Å². The number of ether oxygens (including phenoxy) is 2. The van der Waals surface area contributed by atoms with Crippen molar-refractivity contribution in [2.24, 2.45) is 17.8 Å². The molecule has 0 aromatic heterocycles. The zero-order valence-corrected chi connectivity index (χ0v) is 33.8. The lowest BCUT2D eigenvalue weighted by atomic mass is 9.63. The quantitative estimate of drug-likeness (QED) is 0.344. The summed E-state index contributed by atoms with van der Waals surface area (Å²) in [5.41, 5.74) is 2.47. The topological polar surface area (TPSA) is 91.4 Å². The molecular formula is C42H55ClF2N4O5S. The second kappa shape index (κ2) is 14.9. The van der Waals surface area contributed by atoms with E-state index in [2.05, 4.69) is 37.6 Å². The predicted molar refractivity (Wildman–Crippen MR) is 211 cm³/mol. The normalized spacial score (nSPS) is 35.6.